The van der Waals surface area contributed by atoms with Gasteiger partial charge in [-0.25, -0.2) is 33.1 Å². The predicted molar refractivity (Wildman–Crippen MR) is 135 cm³/mol. The molecule has 14 heteroatoms. The van der Waals surface area contributed by atoms with Crippen LogP contribution in [0.3, 0.4) is 0 Å². The van der Waals surface area contributed by atoms with E-state index in [9.17, 15) is 22.8 Å². The van der Waals surface area contributed by atoms with Crippen LogP contribution in [0.4, 0.5) is 24.8 Å². The minimum absolute atomic E-state index is 0.0168. The molecule has 1 unspecified atom stereocenters. The highest BCUT2D eigenvalue weighted by Crippen LogP contribution is 2.44. The molecule has 5 aromatic rings. The molecular weight excluding hydrogens is 537 g/mol. The molecule has 1 aromatic carbocycles. The predicted octanol–water partition coefficient (Wildman–Crippen LogP) is 3.38. The molecule has 196 valence electrons. The Balaban J connectivity index is 1.47. The zero-order valence-corrected chi connectivity index (χ0v) is 20.6. The van der Waals surface area contributed by atoms with Gasteiger partial charge in [-0.15, -0.1) is 0 Å². The molecule has 0 aliphatic carbocycles. The van der Waals surface area contributed by atoms with E-state index in [0.29, 0.717) is 11.7 Å². The van der Waals surface area contributed by atoms with Crippen LogP contribution in [0.2, 0.25) is 5.02 Å². The summed E-state index contributed by atoms with van der Waals surface area (Å²) >= 11 is 5.85. The van der Waals surface area contributed by atoms with Crippen molar-refractivity contribution in [3.8, 4) is 11.5 Å². The number of nitrogen functional groups attached to an aromatic ring is 1. The van der Waals surface area contributed by atoms with E-state index in [1.807, 2.05) is 0 Å². The summed E-state index contributed by atoms with van der Waals surface area (Å²) in [6, 6.07) is 2.55. The van der Waals surface area contributed by atoms with E-state index < -0.39 is 34.2 Å². The number of H-pyrrole nitrogens is 1. The average molecular weight is 553 g/mol. The van der Waals surface area contributed by atoms with Crippen LogP contribution >= 0.6 is 11.6 Å². The molecule has 4 N–H and O–H groups in total. The van der Waals surface area contributed by atoms with Crippen molar-refractivity contribution in [3.63, 3.8) is 0 Å². The number of anilines is 2. The van der Waals surface area contributed by atoms with Crippen molar-refractivity contribution in [2.45, 2.75) is 18.8 Å². The topological polar surface area (TPSA) is 144 Å². The number of pyridine rings is 1. The van der Waals surface area contributed by atoms with E-state index in [4.69, 9.17) is 17.3 Å². The molecule has 5 heterocycles. The number of carbonyl (C=O) groups excluding carboxylic acids is 1. The maximum atomic E-state index is 14.4. The normalized spacial score (nSPS) is 16.5. The average Bonchev–Trinajstić information content (AvgIpc) is 3.46. The monoisotopic (exact) mass is 552 g/mol. The Morgan fingerprint density at radius 1 is 1.13 bits per heavy atom. The Morgan fingerprint density at radius 3 is 2.69 bits per heavy atom. The van der Waals surface area contributed by atoms with Crippen molar-refractivity contribution in [2.75, 3.05) is 11.1 Å². The van der Waals surface area contributed by atoms with Crippen molar-refractivity contribution in [3.05, 3.63) is 98.2 Å². The van der Waals surface area contributed by atoms with Gasteiger partial charge < -0.3 is 20.4 Å². The molecule has 39 heavy (non-hydrogen) atoms. The highest BCUT2D eigenvalue weighted by molar-refractivity contribution is 6.30. The van der Waals surface area contributed by atoms with Gasteiger partial charge in [0.1, 0.15) is 33.6 Å². The van der Waals surface area contributed by atoms with Crippen LogP contribution in [0, 0.1) is 17.5 Å². The molecule has 0 saturated carbocycles. The highest BCUT2D eigenvalue weighted by Gasteiger charge is 2.48. The van der Waals surface area contributed by atoms with Gasteiger partial charge in [0, 0.05) is 49.0 Å². The van der Waals surface area contributed by atoms with E-state index >= 15 is 0 Å². The highest BCUT2D eigenvalue weighted by atomic mass is 35.5. The van der Waals surface area contributed by atoms with Crippen LogP contribution in [-0.2, 0) is 16.6 Å². The van der Waals surface area contributed by atoms with Gasteiger partial charge in [-0.05, 0) is 18.6 Å². The fraction of sp³-hybridized carbons (Fsp3) is 0.120. The van der Waals surface area contributed by atoms with Gasteiger partial charge in [0.15, 0.2) is 28.5 Å². The number of rotatable bonds is 4. The number of benzene rings is 1. The summed E-state index contributed by atoms with van der Waals surface area (Å²) in [7, 11) is 0. The summed E-state index contributed by atoms with van der Waals surface area (Å²) < 4.78 is 43.6. The lowest BCUT2D eigenvalue weighted by atomic mass is 9.81. The third-order valence-corrected chi connectivity index (χ3v) is 6.92. The third-order valence-electron chi connectivity index (χ3n) is 6.63. The molecular formula is C25H16ClF3N8O2. The van der Waals surface area contributed by atoms with Gasteiger partial charge in [-0.1, -0.05) is 11.6 Å². The fourth-order valence-electron chi connectivity index (χ4n) is 4.66. The summed E-state index contributed by atoms with van der Waals surface area (Å²) in [5.74, 6) is -3.90. The number of aromatic nitrogens is 6. The van der Waals surface area contributed by atoms with E-state index in [-0.39, 0.29) is 57.1 Å². The first kappa shape index (κ1) is 24.6. The second kappa shape index (κ2) is 8.63. The van der Waals surface area contributed by atoms with Crippen molar-refractivity contribution in [1.29, 1.82) is 0 Å². The van der Waals surface area contributed by atoms with E-state index in [1.165, 1.54) is 18.5 Å². The van der Waals surface area contributed by atoms with Crippen molar-refractivity contribution in [1.82, 2.24) is 29.3 Å². The Morgan fingerprint density at radius 2 is 1.92 bits per heavy atom. The van der Waals surface area contributed by atoms with Crippen LogP contribution in [0.1, 0.15) is 29.4 Å². The van der Waals surface area contributed by atoms with Gasteiger partial charge in [0.25, 0.3) is 0 Å². The zero-order valence-electron chi connectivity index (χ0n) is 19.9. The lowest BCUT2D eigenvalue weighted by Gasteiger charge is -2.22. The number of imidazole rings is 1. The maximum Gasteiger partial charge on any atom is 0.242 e. The standard InChI is InChI=1S/C25H16ClF3N8O2/c1-25(17-7-16(38)12(26)8-32-17)18-20(30)34-21(35-22(18)36-24(25)39)15-9-37-3-2-31-23(37)14(33-15)5-10-4-11(27)6-13(28)19(10)29/h2-4,6-9H,5H2,1H3,(H,32,38)(H3,30,34,35,36,39). The number of nitrogens with zero attached hydrogens (tertiary/aromatic N) is 5. The molecule has 1 aliphatic heterocycles. The number of nitrogens with two attached hydrogens (primary N) is 1. The number of fused-ring (bicyclic) bond motifs is 2. The first-order valence-electron chi connectivity index (χ1n) is 11.4. The third kappa shape index (κ3) is 3.81. The molecule has 0 bridgehead atoms. The summed E-state index contributed by atoms with van der Waals surface area (Å²) in [6.07, 6.45) is 5.61. The summed E-state index contributed by atoms with van der Waals surface area (Å²) in [4.78, 5) is 45.6. The van der Waals surface area contributed by atoms with Crippen LogP contribution in [-0.4, -0.2) is 35.2 Å². The Labute approximate surface area is 221 Å². The van der Waals surface area contributed by atoms with E-state index in [2.05, 4.69) is 30.2 Å². The number of amides is 1. The smallest absolute Gasteiger partial charge is 0.242 e. The molecule has 1 atom stereocenters. The maximum absolute atomic E-state index is 14.4. The summed E-state index contributed by atoms with van der Waals surface area (Å²) in [5.41, 5.74) is 5.33. The minimum atomic E-state index is -1.42. The molecule has 6 rings (SSSR count). The number of nitrogens with one attached hydrogen (secondary N) is 2. The van der Waals surface area contributed by atoms with Gasteiger partial charge >= 0.3 is 0 Å². The Kier molecular flexibility index (Phi) is 5.43. The van der Waals surface area contributed by atoms with Crippen molar-refractivity contribution in [2.24, 2.45) is 0 Å². The minimum Gasteiger partial charge on any atom is -0.383 e. The first-order chi connectivity index (χ1) is 18.6. The molecule has 10 nitrogen and oxygen atoms in total. The van der Waals surface area contributed by atoms with E-state index in [1.54, 1.807) is 23.7 Å². The Bertz CT molecular complexity index is 1910. The quantitative estimate of drug-likeness (QED) is 0.290. The number of hydrogen-bond acceptors (Lipinski definition) is 7. The number of halogens is 4. The van der Waals surface area contributed by atoms with Gasteiger partial charge in [-0.2, -0.15) is 0 Å². The second-order valence-corrected chi connectivity index (χ2v) is 9.47. The van der Waals surface area contributed by atoms with Gasteiger partial charge in [0.2, 0.25) is 5.91 Å². The van der Waals surface area contributed by atoms with Gasteiger partial charge in [-0.3, -0.25) is 9.59 Å². The Hall–Kier alpha value is -4.78. The molecule has 0 radical (unpaired) electrons. The van der Waals surface area contributed by atoms with Crippen LogP contribution in [0.15, 0.2) is 47.8 Å². The summed E-state index contributed by atoms with van der Waals surface area (Å²) in [5, 5.41) is 2.63. The lowest BCUT2D eigenvalue weighted by Crippen LogP contribution is -2.34. The van der Waals surface area contributed by atoms with Gasteiger partial charge in [0.05, 0.1) is 11.3 Å². The second-order valence-electron chi connectivity index (χ2n) is 9.06. The van der Waals surface area contributed by atoms with E-state index in [0.717, 1.165) is 6.07 Å². The molecule has 0 fully saturated rings. The lowest BCUT2D eigenvalue weighted by molar-refractivity contribution is -0.119. The van der Waals surface area contributed by atoms with Crippen molar-refractivity contribution >= 4 is 34.8 Å². The zero-order chi connectivity index (χ0) is 27.6. The van der Waals surface area contributed by atoms with Crippen LogP contribution in [0.25, 0.3) is 17.2 Å². The van der Waals surface area contributed by atoms with Crippen LogP contribution < -0.4 is 16.5 Å². The van der Waals surface area contributed by atoms with Crippen molar-refractivity contribution < 1.29 is 18.0 Å². The SMILES string of the molecule is CC1(c2cc(=O)c(Cl)c[nH]2)C(=O)Nc2nc(-c3cn4ccnc4c(Cc4cc(F)cc(F)c4F)n3)nc(N)c21. The first-order valence-corrected chi connectivity index (χ1v) is 11.8. The summed E-state index contributed by atoms with van der Waals surface area (Å²) in [6.45, 7) is 1.56. The molecule has 0 saturated heterocycles. The fourth-order valence-corrected chi connectivity index (χ4v) is 4.77. The van der Waals surface area contributed by atoms with Crippen LogP contribution in [0.5, 0.6) is 0 Å². The molecule has 4 aromatic heterocycles. The number of carbonyl (C=O) groups is 1. The largest absolute Gasteiger partial charge is 0.383 e. The number of hydrogen-bond donors (Lipinski definition) is 3. The molecule has 1 amide bonds. The molecule has 1 aliphatic rings. The number of aromatic amines is 1. The molecule has 0 spiro atoms.